The van der Waals surface area contributed by atoms with Crippen molar-refractivity contribution in [1.29, 1.82) is 0 Å². The van der Waals surface area contributed by atoms with Crippen LogP contribution in [0.5, 0.6) is 11.5 Å². The van der Waals surface area contributed by atoms with Crippen molar-refractivity contribution in [2.45, 2.75) is 6.61 Å². The number of nitrogens with one attached hydrogen (secondary N) is 2. The number of carbonyl (C=O) groups is 1. The molecule has 0 aliphatic carbocycles. The highest BCUT2D eigenvalue weighted by Gasteiger charge is 2.11. The molecule has 0 aliphatic heterocycles. The maximum atomic E-state index is 11.6. The molecule has 0 aliphatic rings. The third-order valence-electron chi connectivity index (χ3n) is 3.21. The van der Waals surface area contributed by atoms with Gasteiger partial charge < -0.3 is 15.2 Å². The van der Waals surface area contributed by atoms with Crippen LogP contribution < -0.4 is 26.1 Å². The van der Waals surface area contributed by atoms with Crippen LogP contribution in [-0.2, 0) is 11.4 Å². The summed E-state index contributed by atoms with van der Waals surface area (Å²) in [6, 6.07) is 13.4. The van der Waals surface area contributed by atoms with Crippen LogP contribution >= 0.6 is 28.1 Å². The summed E-state index contributed by atoms with van der Waals surface area (Å²) in [6.45, 7) is 0.415. The summed E-state index contributed by atoms with van der Waals surface area (Å²) in [5.41, 5.74) is 11.7. The van der Waals surface area contributed by atoms with E-state index in [4.69, 9.17) is 15.2 Å². The lowest BCUT2D eigenvalue weighted by atomic mass is 10.2. The molecule has 0 heterocycles. The van der Waals surface area contributed by atoms with Gasteiger partial charge in [0.05, 0.1) is 11.6 Å². The number of hydrazine groups is 1. The van der Waals surface area contributed by atoms with E-state index in [0.717, 1.165) is 11.1 Å². The van der Waals surface area contributed by atoms with Crippen LogP contribution in [0.1, 0.15) is 11.1 Å². The second-order valence-corrected chi connectivity index (χ2v) is 6.41. The molecule has 4 N–H and O–H groups in total. The summed E-state index contributed by atoms with van der Waals surface area (Å²) in [7, 11) is 1.56. The van der Waals surface area contributed by atoms with E-state index in [1.165, 1.54) is 6.08 Å². The zero-order valence-corrected chi connectivity index (χ0v) is 16.4. The predicted octanol–water partition coefficient (Wildman–Crippen LogP) is 2.91. The molecule has 0 bridgehead atoms. The zero-order valence-electron chi connectivity index (χ0n) is 14.0. The van der Waals surface area contributed by atoms with Crippen molar-refractivity contribution in [2.75, 3.05) is 7.11 Å². The van der Waals surface area contributed by atoms with Gasteiger partial charge in [-0.25, -0.2) is 0 Å². The van der Waals surface area contributed by atoms with Crippen LogP contribution in [-0.4, -0.2) is 18.1 Å². The van der Waals surface area contributed by atoms with Crippen LogP contribution in [0.2, 0.25) is 0 Å². The Bertz CT molecular complexity index is 813. The third-order valence-corrected chi connectivity index (χ3v) is 3.90. The van der Waals surface area contributed by atoms with Crippen LogP contribution in [0.4, 0.5) is 0 Å². The number of halogens is 1. The number of ether oxygens (including phenoxy) is 2. The fourth-order valence-corrected chi connectivity index (χ4v) is 2.67. The Morgan fingerprint density at radius 2 is 2.00 bits per heavy atom. The minimum atomic E-state index is -0.391. The molecule has 0 aromatic heterocycles. The van der Waals surface area contributed by atoms with Crippen molar-refractivity contribution in [3.63, 3.8) is 0 Å². The first-order chi connectivity index (χ1) is 12.5. The summed E-state index contributed by atoms with van der Waals surface area (Å²) >= 11 is 8.09. The maximum Gasteiger partial charge on any atom is 0.262 e. The fraction of sp³-hybridized carbons (Fsp3) is 0.111. The zero-order chi connectivity index (χ0) is 18.9. The lowest BCUT2D eigenvalue weighted by molar-refractivity contribution is -0.116. The molecular weight excluding hydrogens is 418 g/mol. The van der Waals surface area contributed by atoms with E-state index in [1.54, 1.807) is 19.3 Å². The second kappa shape index (κ2) is 9.79. The topological polar surface area (TPSA) is 85.6 Å². The summed E-state index contributed by atoms with van der Waals surface area (Å²) in [5.74, 6) is 0.752. The molecule has 1 amide bonds. The lowest BCUT2D eigenvalue weighted by Gasteiger charge is -2.13. The Labute approximate surface area is 165 Å². The monoisotopic (exact) mass is 435 g/mol. The molecule has 26 heavy (non-hydrogen) atoms. The fourth-order valence-electron chi connectivity index (χ4n) is 2.04. The molecule has 0 radical (unpaired) electrons. The quantitative estimate of drug-likeness (QED) is 0.367. The number of hydrogen-bond donors (Lipinski definition) is 3. The van der Waals surface area contributed by atoms with Gasteiger partial charge in [0.2, 0.25) is 0 Å². The van der Waals surface area contributed by atoms with Crippen molar-refractivity contribution in [3.05, 3.63) is 64.1 Å². The van der Waals surface area contributed by atoms with Gasteiger partial charge in [-0.2, -0.15) is 0 Å². The van der Waals surface area contributed by atoms with Crippen molar-refractivity contribution in [2.24, 2.45) is 5.73 Å². The highest BCUT2D eigenvalue weighted by atomic mass is 79.9. The minimum Gasteiger partial charge on any atom is -0.493 e. The molecule has 2 aromatic carbocycles. The Morgan fingerprint density at radius 3 is 2.65 bits per heavy atom. The Balaban J connectivity index is 2.10. The van der Waals surface area contributed by atoms with Crippen molar-refractivity contribution in [3.8, 4) is 11.5 Å². The van der Waals surface area contributed by atoms with Crippen LogP contribution in [0.25, 0.3) is 6.08 Å². The molecule has 0 spiro atoms. The average molecular weight is 436 g/mol. The molecule has 8 heteroatoms. The van der Waals surface area contributed by atoms with Gasteiger partial charge in [-0.3, -0.25) is 15.6 Å². The largest absolute Gasteiger partial charge is 0.493 e. The van der Waals surface area contributed by atoms with Gasteiger partial charge in [0.1, 0.15) is 6.61 Å². The number of hydrogen-bond acceptors (Lipinski definition) is 4. The van der Waals surface area contributed by atoms with Crippen molar-refractivity contribution < 1.29 is 14.3 Å². The number of thiocarbonyl (C=S) groups is 1. The first-order valence-electron chi connectivity index (χ1n) is 7.57. The highest BCUT2D eigenvalue weighted by Crippen LogP contribution is 2.37. The van der Waals surface area contributed by atoms with Crippen molar-refractivity contribution >= 4 is 45.2 Å². The Hall–Kier alpha value is -2.58. The third kappa shape index (κ3) is 6.05. The van der Waals surface area contributed by atoms with Gasteiger partial charge >= 0.3 is 0 Å². The first-order valence-corrected chi connectivity index (χ1v) is 8.77. The summed E-state index contributed by atoms with van der Waals surface area (Å²) < 4.78 is 12.0. The number of rotatable bonds is 6. The van der Waals surface area contributed by atoms with Gasteiger partial charge in [-0.05, 0) is 57.5 Å². The van der Waals surface area contributed by atoms with Gasteiger partial charge in [0.25, 0.3) is 5.91 Å². The molecule has 0 saturated heterocycles. The summed E-state index contributed by atoms with van der Waals surface area (Å²) in [4.78, 5) is 11.6. The molecule has 136 valence electrons. The first kappa shape index (κ1) is 19.7. The van der Waals surface area contributed by atoms with Crippen molar-refractivity contribution in [1.82, 2.24) is 10.9 Å². The van der Waals surface area contributed by atoms with E-state index in [0.29, 0.717) is 22.6 Å². The summed E-state index contributed by atoms with van der Waals surface area (Å²) in [5, 5.41) is -0.0175. The van der Waals surface area contributed by atoms with Gasteiger partial charge in [-0.1, -0.05) is 30.3 Å². The van der Waals surface area contributed by atoms with Crippen LogP contribution in [0, 0.1) is 0 Å². The SMILES string of the molecule is COc1cc(/C=C/C(=O)NNC(N)=S)cc(Br)c1OCc1ccccc1. The smallest absolute Gasteiger partial charge is 0.262 e. The normalized spacial score (nSPS) is 10.4. The number of carbonyl (C=O) groups excluding carboxylic acids is 1. The maximum absolute atomic E-state index is 11.6. The number of methoxy groups -OCH3 is 1. The van der Waals surface area contributed by atoms with Gasteiger partial charge in [0, 0.05) is 6.08 Å². The summed E-state index contributed by atoms with van der Waals surface area (Å²) in [6.07, 6.45) is 2.97. The van der Waals surface area contributed by atoms with E-state index in [-0.39, 0.29) is 5.11 Å². The Morgan fingerprint density at radius 1 is 1.27 bits per heavy atom. The van der Waals surface area contributed by atoms with Crippen LogP contribution in [0.15, 0.2) is 53.0 Å². The molecule has 2 rings (SSSR count). The van der Waals surface area contributed by atoms with E-state index in [9.17, 15) is 4.79 Å². The van der Waals surface area contributed by atoms with E-state index < -0.39 is 5.91 Å². The number of nitrogens with two attached hydrogens (primary N) is 1. The van der Waals surface area contributed by atoms with Crippen LogP contribution in [0.3, 0.4) is 0 Å². The molecule has 6 nitrogen and oxygen atoms in total. The van der Waals surface area contributed by atoms with Gasteiger partial charge in [0.15, 0.2) is 16.6 Å². The lowest BCUT2D eigenvalue weighted by Crippen LogP contribution is -2.43. The molecule has 0 unspecified atom stereocenters. The van der Waals surface area contributed by atoms with E-state index in [2.05, 4.69) is 39.0 Å². The molecule has 0 fully saturated rings. The molecule has 2 aromatic rings. The standard InChI is InChI=1S/C18H18BrN3O3S/c1-24-15-10-13(7-8-16(23)21-22-18(20)26)9-14(19)17(15)25-11-12-5-3-2-4-6-12/h2-10H,11H2,1H3,(H,21,23)(H3,20,22,26)/b8-7+. The predicted molar refractivity (Wildman–Crippen MR) is 109 cm³/mol. The minimum absolute atomic E-state index is 0.0175. The Kier molecular flexibility index (Phi) is 7.43. The molecule has 0 atom stereocenters. The van der Waals surface area contributed by atoms with E-state index in [1.807, 2.05) is 36.4 Å². The highest BCUT2D eigenvalue weighted by molar-refractivity contribution is 9.10. The molecule has 0 saturated carbocycles. The van der Waals surface area contributed by atoms with Gasteiger partial charge in [-0.15, -0.1) is 0 Å². The molecular formula is C18H18BrN3O3S. The van der Waals surface area contributed by atoms with E-state index >= 15 is 0 Å². The second-order valence-electron chi connectivity index (χ2n) is 5.12. The number of benzene rings is 2. The average Bonchev–Trinajstić information content (AvgIpc) is 2.64. The number of amides is 1.